The Balaban J connectivity index is 1.62. The summed E-state index contributed by atoms with van der Waals surface area (Å²) in [5.41, 5.74) is 3.33. The zero-order chi connectivity index (χ0) is 18.5. The third-order valence-electron chi connectivity index (χ3n) is 4.93. The maximum atomic E-state index is 13.2. The summed E-state index contributed by atoms with van der Waals surface area (Å²) in [6, 6.07) is 30.3. The van der Waals surface area contributed by atoms with Crippen molar-refractivity contribution in [1.82, 2.24) is 4.90 Å². The van der Waals surface area contributed by atoms with Gasteiger partial charge in [-0.1, -0.05) is 91.0 Å². The van der Waals surface area contributed by atoms with Crippen LogP contribution in [0, 0.1) is 0 Å². The van der Waals surface area contributed by atoms with Crippen molar-refractivity contribution in [3.05, 3.63) is 108 Å². The van der Waals surface area contributed by atoms with E-state index in [-0.39, 0.29) is 11.8 Å². The van der Waals surface area contributed by atoms with Gasteiger partial charge in [-0.25, -0.2) is 0 Å². The lowest BCUT2D eigenvalue weighted by Gasteiger charge is -2.18. The summed E-state index contributed by atoms with van der Waals surface area (Å²) in [7, 11) is 0. The smallest absolute Gasteiger partial charge is 0.236 e. The van der Waals surface area contributed by atoms with Crippen LogP contribution in [-0.2, 0) is 17.9 Å². The SMILES string of the molecule is O=C1C(c2ccccc2)CC(=NCc2ccccc2)N1Cc1ccccc1. The van der Waals surface area contributed by atoms with Crippen molar-refractivity contribution < 1.29 is 4.79 Å². The molecule has 134 valence electrons. The molecule has 1 aliphatic heterocycles. The Morgan fingerprint density at radius 2 is 1.33 bits per heavy atom. The number of amides is 1. The van der Waals surface area contributed by atoms with E-state index in [1.165, 1.54) is 0 Å². The molecule has 1 aliphatic rings. The average Bonchev–Trinajstić information content (AvgIpc) is 3.04. The van der Waals surface area contributed by atoms with Crippen LogP contribution in [0.1, 0.15) is 29.0 Å². The molecule has 0 aromatic heterocycles. The van der Waals surface area contributed by atoms with E-state index in [4.69, 9.17) is 4.99 Å². The summed E-state index contributed by atoms with van der Waals surface area (Å²) in [6.45, 7) is 1.16. The molecule has 1 saturated heterocycles. The molecule has 0 aliphatic carbocycles. The molecular weight excluding hydrogens is 332 g/mol. The molecule has 0 bridgehead atoms. The fraction of sp³-hybridized carbons (Fsp3) is 0.167. The van der Waals surface area contributed by atoms with E-state index >= 15 is 0 Å². The summed E-state index contributed by atoms with van der Waals surface area (Å²) in [6.07, 6.45) is 0.655. The average molecular weight is 354 g/mol. The van der Waals surface area contributed by atoms with Gasteiger partial charge in [0.25, 0.3) is 0 Å². The molecule has 3 aromatic carbocycles. The molecular formula is C24H22N2O. The Kier molecular flexibility index (Phi) is 5.10. The van der Waals surface area contributed by atoms with Crippen LogP contribution in [0.2, 0.25) is 0 Å². The minimum absolute atomic E-state index is 0.136. The zero-order valence-corrected chi connectivity index (χ0v) is 15.2. The van der Waals surface area contributed by atoms with E-state index in [2.05, 4.69) is 24.3 Å². The standard InChI is InChI=1S/C24H22N2O/c27-24-22(21-14-8-3-9-15-21)16-23(25-17-19-10-4-1-5-11-19)26(24)18-20-12-6-2-7-13-20/h1-15,22H,16-18H2. The van der Waals surface area contributed by atoms with E-state index in [0.29, 0.717) is 19.5 Å². The lowest BCUT2D eigenvalue weighted by atomic mass is 9.98. The zero-order valence-electron chi connectivity index (χ0n) is 15.2. The number of hydrogen-bond acceptors (Lipinski definition) is 2. The number of amidine groups is 1. The molecule has 3 heteroatoms. The van der Waals surface area contributed by atoms with Gasteiger partial charge in [0.15, 0.2) is 0 Å². The van der Waals surface area contributed by atoms with Crippen LogP contribution in [0.4, 0.5) is 0 Å². The van der Waals surface area contributed by atoms with Crippen molar-refractivity contribution in [2.75, 3.05) is 0 Å². The fourth-order valence-corrected chi connectivity index (χ4v) is 3.49. The van der Waals surface area contributed by atoms with E-state index in [1.54, 1.807) is 0 Å². The first kappa shape index (κ1) is 17.2. The Hall–Kier alpha value is -3.20. The van der Waals surface area contributed by atoms with Crippen molar-refractivity contribution in [3.63, 3.8) is 0 Å². The van der Waals surface area contributed by atoms with Gasteiger partial charge in [-0.2, -0.15) is 0 Å². The summed E-state index contributed by atoms with van der Waals surface area (Å²) in [4.78, 5) is 19.9. The second-order valence-electron chi connectivity index (χ2n) is 6.80. The fourth-order valence-electron chi connectivity index (χ4n) is 3.49. The third-order valence-corrected chi connectivity index (χ3v) is 4.93. The number of carbonyl (C=O) groups is 1. The van der Waals surface area contributed by atoms with Crippen molar-refractivity contribution in [2.24, 2.45) is 4.99 Å². The number of nitrogens with zero attached hydrogens (tertiary/aromatic N) is 2. The molecule has 27 heavy (non-hydrogen) atoms. The van der Waals surface area contributed by atoms with Crippen LogP contribution in [0.5, 0.6) is 0 Å². The number of likely N-dealkylation sites (tertiary alicyclic amines) is 1. The van der Waals surface area contributed by atoms with Crippen LogP contribution in [-0.4, -0.2) is 16.6 Å². The van der Waals surface area contributed by atoms with Crippen LogP contribution in [0.25, 0.3) is 0 Å². The molecule has 4 rings (SSSR count). The molecule has 1 heterocycles. The Morgan fingerprint density at radius 3 is 1.96 bits per heavy atom. The van der Waals surface area contributed by atoms with E-state index in [9.17, 15) is 4.79 Å². The Bertz CT molecular complexity index is 920. The van der Waals surface area contributed by atoms with Gasteiger partial charge in [-0.3, -0.25) is 14.7 Å². The highest BCUT2D eigenvalue weighted by atomic mass is 16.2. The van der Waals surface area contributed by atoms with Crippen LogP contribution in [0.3, 0.4) is 0 Å². The van der Waals surface area contributed by atoms with Gasteiger partial charge < -0.3 is 0 Å². The first-order chi connectivity index (χ1) is 13.3. The van der Waals surface area contributed by atoms with Gasteiger partial charge in [-0.05, 0) is 16.7 Å². The molecule has 0 N–H and O–H groups in total. The third kappa shape index (κ3) is 3.98. The van der Waals surface area contributed by atoms with Gasteiger partial charge in [0.05, 0.1) is 19.0 Å². The summed E-state index contributed by atoms with van der Waals surface area (Å²) < 4.78 is 0. The predicted molar refractivity (Wildman–Crippen MR) is 108 cm³/mol. The van der Waals surface area contributed by atoms with Crippen molar-refractivity contribution in [1.29, 1.82) is 0 Å². The van der Waals surface area contributed by atoms with E-state index < -0.39 is 0 Å². The van der Waals surface area contributed by atoms with Crippen LogP contribution < -0.4 is 0 Å². The minimum atomic E-state index is -0.149. The highest BCUT2D eigenvalue weighted by Gasteiger charge is 2.37. The normalized spacial score (nSPS) is 18.2. The quantitative estimate of drug-likeness (QED) is 0.648. The lowest BCUT2D eigenvalue weighted by Crippen LogP contribution is -2.30. The monoisotopic (exact) mass is 354 g/mol. The largest absolute Gasteiger partial charge is 0.296 e. The van der Waals surface area contributed by atoms with Gasteiger partial charge in [0.2, 0.25) is 5.91 Å². The molecule has 3 nitrogen and oxygen atoms in total. The van der Waals surface area contributed by atoms with Gasteiger partial charge in [0, 0.05) is 6.42 Å². The summed E-state index contributed by atoms with van der Waals surface area (Å²) in [5, 5.41) is 0. The number of aliphatic imine (C=N–C) groups is 1. The van der Waals surface area contributed by atoms with E-state index in [1.807, 2.05) is 71.6 Å². The molecule has 3 aromatic rings. The van der Waals surface area contributed by atoms with Crippen molar-refractivity contribution in [2.45, 2.75) is 25.4 Å². The second-order valence-corrected chi connectivity index (χ2v) is 6.80. The maximum Gasteiger partial charge on any atom is 0.236 e. The van der Waals surface area contributed by atoms with Gasteiger partial charge in [0.1, 0.15) is 5.84 Å². The highest BCUT2D eigenvalue weighted by molar-refractivity contribution is 6.08. The topological polar surface area (TPSA) is 32.7 Å². The summed E-state index contributed by atoms with van der Waals surface area (Å²) in [5.74, 6) is 0.864. The van der Waals surface area contributed by atoms with Crippen molar-refractivity contribution >= 4 is 11.7 Å². The lowest BCUT2D eigenvalue weighted by molar-refractivity contribution is -0.127. The highest BCUT2D eigenvalue weighted by Crippen LogP contribution is 2.31. The number of carbonyl (C=O) groups excluding carboxylic acids is 1. The first-order valence-electron chi connectivity index (χ1n) is 9.29. The molecule has 0 radical (unpaired) electrons. The van der Waals surface area contributed by atoms with Crippen LogP contribution in [0.15, 0.2) is 96.0 Å². The molecule has 1 atom stereocenters. The van der Waals surface area contributed by atoms with Gasteiger partial charge >= 0.3 is 0 Å². The molecule has 0 saturated carbocycles. The Morgan fingerprint density at radius 1 is 0.778 bits per heavy atom. The number of hydrogen-bond donors (Lipinski definition) is 0. The molecule has 0 spiro atoms. The van der Waals surface area contributed by atoms with E-state index in [0.717, 1.165) is 22.5 Å². The molecule has 1 amide bonds. The Labute approximate surface area is 160 Å². The predicted octanol–water partition coefficient (Wildman–Crippen LogP) is 4.80. The second kappa shape index (κ2) is 8.00. The number of benzene rings is 3. The summed E-state index contributed by atoms with van der Waals surface area (Å²) >= 11 is 0. The van der Waals surface area contributed by atoms with Gasteiger partial charge in [-0.15, -0.1) is 0 Å². The number of rotatable bonds is 5. The minimum Gasteiger partial charge on any atom is -0.296 e. The van der Waals surface area contributed by atoms with Crippen LogP contribution >= 0.6 is 0 Å². The molecule has 1 unspecified atom stereocenters. The molecule has 1 fully saturated rings. The maximum absolute atomic E-state index is 13.2. The van der Waals surface area contributed by atoms with Crippen molar-refractivity contribution in [3.8, 4) is 0 Å². The first-order valence-corrected chi connectivity index (χ1v) is 9.29.